The van der Waals surface area contributed by atoms with Gasteiger partial charge in [-0.1, -0.05) is 19.3 Å². The highest BCUT2D eigenvalue weighted by Crippen LogP contribution is 2.42. The van der Waals surface area contributed by atoms with E-state index in [-0.39, 0.29) is 6.10 Å². The van der Waals surface area contributed by atoms with Gasteiger partial charge in [0.2, 0.25) is 0 Å². The van der Waals surface area contributed by atoms with Crippen molar-refractivity contribution in [1.29, 1.82) is 0 Å². The zero-order valence-corrected chi connectivity index (χ0v) is 8.41. The number of methoxy groups -OCH3 is 1. The van der Waals surface area contributed by atoms with E-state index in [2.05, 4.69) is 0 Å². The van der Waals surface area contributed by atoms with Gasteiger partial charge in [-0.15, -0.1) is 0 Å². The fourth-order valence-electron chi connectivity index (χ4n) is 2.65. The maximum absolute atomic E-state index is 10.0. The molecule has 13 heavy (non-hydrogen) atoms. The van der Waals surface area contributed by atoms with Crippen LogP contribution in [-0.2, 0) is 4.74 Å². The van der Waals surface area contributed by atoms with Crippen LogP contribution in [0.4, 0.5) is 0 Å². The van der Waals surface area contributed by atoms with Crippen LogP contribution in [0.1, 0.15) is 38.5 Å². The summed E-state index contributed by atoms with van der Waals surface area (Å²) in [7, 11) is 1.75. The molecular weight excluding hydrogens is 164 g/mol. The lowest BCUT2D eigenvalue weighted by atomic mass is 9.83. The Labute approximate surface area is 80.3 Å². The van der Waals surface area contributed by atoms with Gasteiger partial charge in [0.1, 0.15) is 0 Å². The first kappa shape index (κ1) is 9.47. The molecule has 0 radical (unpaired) electrons. The Bertz CT molecular complexity index is 163. The van der Waals surface area contributed by atoms with Crippen molar-refractivity contribution in [1.82, 2.24) is 0 Å². The standard InChI is InChI=1S/C11H20O2/c1-13-10-7-9(10)11(12)8-5-3-2-4-6-8/h8-12H,2-7H2,1H3/t9-,10+,11?/m1/s1. The largest absolute Gasteiger partial charge is 0.392 e. The molecule has 3 atom stereocenters. The lowest BCUT2D eigenvalue weighted by molar-refractivity contribution is 0.0431. The van der Waals surface area contributed by atoms with Gasteiger partial charge in [0.25, 0.3) is 0 Å². The highest BCUT2D eigenvalue weighted by molar-refractivity contribution is 4.95. The van der Waals surface area contributed by atoms with E-state index in [1.165, 1.54) is 32.1 Å². The predicted molar refractivity (Wildman–Crippen MR) is 51.5 cm³/mol. The van der Waals surface area contributed by atoms with Crippen LogP contribution in [0.2, 0.25) is 0 Å². The van der Waals surface area contributed by atoms with E-state index in [0.717, 1.165) is 6.42 Å². The minimum Gasteiger partial charge on any atom is -0.392 e. The highest BCUT2D eigenvalue weighted by Gasteiger charge is 2.45. The van der Waals surface area contributed by atoms with E-state index < -0.39 is 0 Å². The van der Waals surface area contributed by atoms with Crippen molar-refractivity contribution in [3.8, 4) is 0 Å². The second-order valence-electron chi connectivity index (χ2n) is 4.56. The van der Waals surface area contributed by atoms with Crippen molar-refractivity contribution in [2.24, 2.45) is 11.8 Å². The van der Waals surface area contributed by atoms with Crippen LogP contribution in [0.25, 0.3) is 0 Å². The first-order chi connectivity index (χ1) is 6.33. The molecule has 1 unspecified atom stereocenters. The summed E-state index contributed by atoms with van der Waals surface area (Å²) in [5.41, 5.74) is 0. The van der Waals surface area contributed by atoms with Crippen LogP contribution in [0.3, 0.4) is 0 Å². The second-order valence-corrected chi connectivity index (χ2v) is 4.56. The fourth-order valence-corrected chi connectivity index (χ4v) is 2.65. The van der Waals surface area contributed by atoms with Gasteiger partial charge < -0.3 is 9.84 Å². The Hall–Kier alpha value is -0.0800. The summed E-state index contributed by atoms with van der Waals surface area (Å²) in [5, 5.41) is 10.0. The minimum absolute atomic E-state index is 0.0785. The van der Waals surface area contributed by atoms with Crippen molar-refractivity contribution >= 4 is 0 Å². The van der Waals surface area contributed by atoms with Crippen molar-refractivity contribution < 1.29 is 9.84 Å². The Kier molecular flexibility index (Phi) is 2.89. The molecule has 0 amide bonds. The van der Waals surface area contributed by atoms with Crippen LogP contribution in [0.15, 0.2) is 0 Å². The molecule has 2 nitrogen and oxygen atoms in total. The molecule has 0 aromatic carbocycles. The summed E-state index contributed by atoms with van der Waals surface area (Å²) in [6.07, 6.45) is 7.80. The van der Waals surface area contributed by atoms with Crippen LogP contribution in [-0.4, -0.2) is 24.4 Å². The Morgan fingerprint density at radius 3 is 2.46 bits per heavy atom. The molecule has 1 N–H and O–H groups in total. The van der Waals surface area contributed by atoms with Gasteiger partial charge in [-0.25, -0.2) is 0 Å². The van der Waals surface area contributed by atoms with E-state index in [0.29, 0.717) is 17.9 Å². The molecule has 0 spiro atoms. The van der Waals surface area contributed by atoms with Gasteiger partial charge in [0.15, 0.2) is 0 Å². The third kappa shape index (κ3) is 2.05. The molecule has 2 saturated carbocycles. The fraction of sp³-hybridized carbons (Fsp3) is 1.00. The molecule has 0 aromatic heterocycles. The number of hydrogen-bond donors (Lipinski definition) is 1. The smallest absolute Gasteiger partial charge is 0.0629 e. The van der Waals surface area contributed by atoms with E-state index in [9.17, 15) is 5.11 Å². The summed E-state index contributed by atoms with van der Waals surface area (Å²) >= 11 is 0. The third-order valence-corrected chi connectivity index (χ3v) is 3.65. The van der Waals surface area contributed by atoms with E-state index >= 15 is 0 Å². The van der Waals surface area contributed by atoms with Crippen molar-refractivity contribution in [3.05, 3.63) is 0 Å². The average Bonchev–Trinajstić information content (AvgIpc) is 2.97. The summed E-state index contributed by atoms with van der Waals surface area (Å²) in [6.45, 7) is 0. The van der Waals surface area contributed by atoms with Crippen LogP contribution < -0.4 is 0 Å². The van der Waals surface area contributed by atoms with E-state index in [1.807, 2.05) is 0 Å². The number of rotatable bonds is 3. The first-order valence-corrected chi connectivity index (χ1v) is 5.54. The molecule has 0 aromatic rings. The second kappa shape index (κ2) is 3.97. The maximum atomic E-state index is 10.0. The normalized spacial score (nSPS) is 37.4. The molecule has 2 aliphatic rings. The first-order valence-electron chi connectivity index (χ1n) is 5.54. The van der Waals surface area contributed by atoms with Gasteiger partial charge in [-0.3, -0.25) is 0 Å². The molecule has 2 heteroatoms. The Morgan fingerprint density at radius 2 is 1.92 bits per heavy atom. The molecular formula is C11H20O2. The minimum atomic E-state index is -0.0785. The molecule has 2 aliphatic carbocycles. The third-order valence-electron chi connectivity index (χ3n) is 3.65. The van der Waals surface area contributed by atoms with Crippen LogP contribution in [0, 0.1) is 11.8 Å². The van der Waals surface area contributed by atoms with E-state index in [4.69, 9.17) is 4.74 Å². The number of aliphatic hydroxyl groups is 1. The predicted octanol–water partition coefficient (Wildman–Crippen LogP) is 1.96. The number of ether oxygens (including phenoxy) is 1. The lowest BCUT2D eigenvalue weighted by Crippen LogP contribution is -2.26. The molecule has 0 heterocycles. The van der Waals surface area contributed by atoms with Crippen LogP contribution in [0.5, 0.6) is 0 Å². The van der Waals surface area contributed by atoms with Gasteiger partial charge in [-0.05, 0) is 25.2 Å². The molecule has 0 aliphatic heterocycles. The number of aliphatic hydroxyl groups excluding tert-OH is 1. The molecule has 2 rings (SSSR count). The summed E-state index contributed by atoms with van der Waals surface area (Å²) in [4.78, 5) is 0. The average molecular weight is 184 g/mol. The Balaban J connectivity index is 1.79. The summed E-state index contributed by atoms with van der Waals surface area (Å²) in [6, 6.07) is 0. The summed E-state index contributed by atoms with van der Waals surface area (Å²) in [5.74, 6) is 1.02. The topological polar surface area (TPSA) is 29.5 Å². The molecule has 0 bridgehead atoms. The van der Waals surface area contributed by atoms with Gasteiger partial charge in [0.05, 0.1) is 12.2 Å². The lowest BCUT2D eigenvalue weighted by Gasteiger charge is -2.26. The van der Waals surface area contributed by atoms with Gasteiger partial charge in [0, 0.05) is 13.0 Å². The molecule has 76 valence electrons. The van der Waals surface area contributed by atoms with Crippen molar-refractivity contribution in [3.63, 3.8) is 0 Å². The van der Waals surface area contributed by atoms with Gasteiger partial charge >= 0.3 is 0 Å². The Morgan fingerprint density at radius 1 is 1.23 bits per heavy atom. The monoisotopic (exact) mass is 184 g/mol. The van der Waals surface area contributed by atoms with Gasteiger partial charge in [-0.2, -0.15) is 0 Å². The van der Waals surface area contributed by atoms with E-state index in [1.54, 1.807) is 7.11 Å². The maximum Gasteiger partial charge on any atom is 0.0629 e. The van der Waals surface area contributed by atoms with Crippen molar-refractivity contribution in [2.75, 3.05) is 7.11 Å². The quantitative estimate of drug-likeness (QED) is 0.726. The van der Waals surface area contributed by atoms with Crippen LogP contribution >= 0.6 is 0 Å². The van der Waals surface area contributed by atoms with Crippen molar-refractivity contribution in [2.45, 2.75) is 50.7 Å². The number of hydrogen-bond acceptors (Lipinski definition) is 2. The zero-order chi connectivity index (χ0) is 9.26. The SMILES string of the molecule is CO[C@H]1C[C@H]1C(O)C1CCCCC1. The zero-order valence-electron chi connectivity index (χ0n) is 8.41. The summed E-state index contributed by atoms with van der Waals surface area (Å²) < 4.78 is 5.23. The molecule has 2 fully saturated rings. The highest BCUT2D eigenvalue weighted by atomic mass is 16.5. The molecule has 0 saturated heterocycles.